The van der Waals surface area contributed by atoms with Gasteiger partial charge in [0.25, 0.3) is 0 Å². The number of rotatable bonds is 3. The van der Waals surface area contributed by atoms with Crippen molar-refractivity contribution in [2.24, 2.45) is 0 Å². The molecule has 1 amide bonds. The highest BCUT2D eigenvalue weighted by Gasteiger charge is 2.13. The van der Waals surface area contributed by atoms with Gasteiger partial charge in [-0.1, -0.05) is 11.6 Å². The van der Waals surface area contributed by atoms with Crippen LogP contribution in [0.2, 0.25) is 0 Å². The van der Waals surface area contributed by atoms with E-state index in [0.717, 1.165) is 19.5 Å². The molecule has 0 spiro atoms. The third kappa shape index (κ3) is 3.79. The Labute approximate surface area is 112 Å². The van der Waals surface area contributed by atoms with Gasteiger partial charge in [-0.25, -0.2) is 4.39 Å². The molecule has 1 aromatic rings. The van der Waals surface area contributed by atoms with Gasteiger partial charge < -0.3 is 11.1 Å². The summed E-state index contributed by atoms with van der Waals surface area (Å²) in [6.45, 7) is 4.12. The first-order valence-electron chi connectivity index (χ1n) is 6.27. The molecule has 0 saturated heterocycles. The Morgan fingerprint density at radius 3 is 2.95 bits per heavy atom. The number of hydrogen-bond donors (Lipinski definition) is 2. The summed E-state index contributed by atoms with van der Waals surface area (Å²) in [5, 5.41) is 2.72. The molecule has 1 aliphatic rings. The Kier molecular flexibility index (Phi) is 4.16. The van der Waals surface area contributed by atoms with Gasteiger partial charge in [0.05, 0.1) is 12.2 Å². The summed E-state index contributed by atoms with van der Waals surface area (Å²) in [7, 11) is 0. The maximum absolute atomic E-state index is 13.0. The Bertz CT molecular complexity index is 513. The van der Waals surface area contributed by atoms with E-state index in [1.54, 1.807) is 0 Å². The topological polar surface area (TPSA) is 58.4 Å². The molecule has 0 fully saturated rings. The maximum atomic E-state index is 13.0. The van der Waals surface area contributed by atoms with Crippen molar-refractivity contribution in [1.82, 2.24) is 4.90 Å². The molecule has 102 valence electrons. The summed E-state index contributed by atoms with van der Waals surface area (Å²) < 4.78 is 13.0. The molecule has 2 rings (SSSR count). The van der Waals surface area contributed by atoms with E-state index < -0.39 is 5.82 Å². The minimum atomic E-state index is -0.477. The predicted molar refractivity (Wildman–Crippen MR) is 74.3 cm³/mol. The molecule has 1 heterocycles. The molecule has 3 N–H and O–H groups in total. The summed E-state index contributed by atoms with van der Waals surface area (Å²) in [5.74, 6) is -0.589. The van der Waals surface area contributed by atoms with Gasteiger partial charge in [-0.2, -0.15) is 0 Å². The lowest BCUT2D eigenvalue weighted by atomic mass is 10.1. The number of anilines is 2. The summed E-state index contributed by atoms with van der Waals surface area (Å²) in [4.78, 5) is 13.9. The number of nitrogens with one attached hydrogen (secondary N) is 1. The molecular formula is C14H18FN3O. The molecule has 0 aromatic heterocycles. The number of hydrogen-bond acceptors (Lipinski definition) is 3. The summed E-state index contributed by atoms with van der Waals surface area (Å²) in [6.07, 6.45) is 3.13. The molecule has 0 saturated carbocycles. The highest BCUT2D eigenvalue weighted by Crippen LogP contribution is 2.16. The first-order chi connectivity index (χ1) is 9.04. The number of benzene rings is 1. The first-order valence-corrected chi connectivity index (χ1v) is 6.27. The lowest BCUT2D eigenvalue weighted by Gasteiger charge is -2.24. The zero-order valence-electron chi connectivity index (χ0n) is 10.9. The Morgan fingerprint density at radius 1 is 1.53 bits per heavy atom. The normalized spacial score (nSPS) is 16.0. The molecule has 5 heteroatoms. The second-order valence-corrected chi connectivity index (χ2v) is 4.82. The van der Waals surface area contributed by atoms with E-state index in [1.165, 1.54) is 23.8 Å². The molecule has 4 nitrogen and oxygen atoms in total. The number of nitrogens with two attached hydrogens (primary N) is 1. The number of halogens is 1. The number of carbonyl (C=O) groups excluding carboxylic acids is 1. The van der Waals surface area contributed by atoms with Crippen LogP contribution in [0.15, 0.2) is 29.8 Å². The zero-order chi connectivity index (χ0) is 13.8. The monoisotopic (exact) mass is 263 g/mol. The van der Waals surface area contributed by atoms with Crippen molar-refractivity contribution >= 4 is 17.3 Å². The van der Waals surface area contributed by atoms with Crippen LogP contribution in [0.4, 0.5) is 15.8 Å². The van der Waals surface area contributed by atoms with Crippen LogP contribution >= 0.6 is 0 Å². The van der Waals surface area contributed by atoms with Crippen LogP contribution in [-0.2, 0) is 4.79 Å². The summed E-state index contributed by atoms with van der Waals surface area (Å²) in [6, 6.07) is 4.18. The van der Waals surface area contributed by atoms with Crippen LogP contribution in [0.25, 0.3) is 0 Å². The van der Waals surface area contributed by atoms with E-state index in [2.05, 4.69) is 23.2 Å². The molecule has 1 aromatic carbocycles. The molecule has 1 aliphatic heterocycles. The van der Waals surface area contributed by atoms with Crippen molar-refractivity contribution in [2.45, 2.75) is 13.3 Å². The maximum Gasteiger partial charge on any atom is 0.238 e. The van der Waals surface area contributed by atoms with Crippen LogP contribution in [-0.4, -0.2) is 30.4 Å². The molecular weight excluding hydrogens is 245 g/mol. The zero-order valence-corrected chi connectivity index (χ0v) is 10.9. The molecule has 19 heavy (non-hydrogen) atoms. The predicted octanol–water partition coefficient (Wildman–Crippen LogP) is 2.00. The van der Waals surface area contributed by atoms with Crippen LogP contribution in [0.3, 0.4) is 0 Å². The average molecular weight is 263 g/mol. The number of carbonyl (C=O) groups is 1. The number of amides is 1. The second kappa shape index (κ2) is 5.84. The minimum Gasteiger partial charge on any atom is -0.396 e. The SMILES string of the molecule is CC1=CCN(CC(=O)Nc2ccc(F)c(N)c2)CC1. The van der Waals surface area contributed by atoms with Gasteiger partial charge in [0.15, 0.2) is 0 Å². The smallest absolute Gasteiger partial charge is 0.238 e. The van der Waals surface area contributed by atoms with E-state index in [1.807, 2.05) is 0 Å². The van der Waals surface area contributed by atoms with Crippen molar-refractivity contribution in [3.63, 3.8) is 0 Å². The van der Waals surface area contributed by atoms with Crippen LogP contribution in [0.1, 0.15) is 13.3 Å². The molecule has 0 aliphatic carbocycles. The molecule has 0 radical (unpaired) electrons. The lowest BCUT2D eigenvalue weighted by molar-refractivity contribution is -0.117. The third-order valence-electron chi connectivity index (χ3n) is 3.17. The minimum absolute atomic E-state index is 0.0364. The molecule has 0 bridgehead atoms. The van der Waals surface area contributed by atoms with E-state index in [-0.39, 0.29) is 11.6 Å². The van der Waals surface area contributed by atoms with Gasteiger partial charge >= 0.3 is 0 Å². The van der Waals surface area contributed by atoms with Crippen molar-refractivity contribution in [2.75, 3.05) is 30.7 Å². The largest absolute Gasteiger partial charge is 0.396 e. The van der Waals surface area contributed by atoms with Crippen LogP contribution in [0, 0.1) is 5.82 Å². The van der Waals surface area contributed by atoms with E-state index in [4.69, 9.17) is 5.73 Å². The quantitative estimate of drug-likeness (QED) is 0.647. The van der Waals surface area contributed by atoms with Gasteiger partial charge in [0.1, 0.15) is 5.82 Å². The highest BCUT2D eigenvalue weighted by molar-refractivity contribution is 5.92. The van der Waals surface area contributed by atoms with Crippen molar-refractivity contribution in [3.05, 3.63) is 35.7 Å². The average Bonchev–Trinajstić information content (AvgIpc) is 2.37. The lowest BCUT2D eigenvalue weighted by Crippen LogP contribution is -2.36. The van der Waals surface area contributed by atoms with Gasteiger partial charge in [-0.05, 0) is 31.5 Å². The van der Waals surface area contributed by atoms with Crippen molar-refractivity contribution in [3.8, 4) is 0 Å². The number of nitrogen functional groups attached to an aromatic ring is 1. The van der Waals surface area contributed by atoms with Crippen LogP contribution < -0.4 is 11.1 Å². The Hall–Kier alpha value is -1.88. The Balaban J connectivity index is 1.89. The summed E-state index contributed by atoms with van der Waals surface area (Å²) in [5.41, 5.74) is 7.37. The van der Waals surface area contributed by atoms with E-state index in [0.29, 0.717) is 12.2 Å². The first kappa shape index (κ1) is 13.5. The molecule has 0 unspecified atom stereocenters. The van der Waals surface area contributed by atoms with Crippen LogP contribution in [0.5, 0.6) is 0 Å². The van der Waals surface area contributed by atoms with E-state index in [9.17, 15) is 9.18 Å². The number of nitrogens with zero attached hydrogens (tertiary/aromatic N) is 1. The third-order valence-corrected chi connectivity index (χ3v) is 3.17. The molecule has 0 atom stereocenters. The highest BCUT2D eigenvalue weighted by atomic mass is 19.1. The van der Waals surface area contributed by atoms with Gasteiger partial charge in [0, 0.05) is 18.8 Å². The standard InChI is InChI=1S/C14H18FN3O/c1-10-4-6-18(7-5-10)9-14(19)17-11-2-3-12(15)13(16)8-11/h2-4,8H,5-7,9,16H2,1H3,(H,17,19). The summed E-state index contributed by atoms with van der Waals surface area (Å²) >= 11 is 0. The fraction of sp³-hybridized carbons (Fsp3) is 0.357. The van der Waals surface area contributed by atoms with Gasteiger partial charge in [-0.3, -0.25) is 9.69 Å². The van der Waals surface area contributed by atoms with Gasteiger partial charge in [-0.15, -0.1) is 0 Å². The second-order valence-electron chi connectivity index (χ2n) is 4.82. The van der Waals surface area contributed by atoms with Crippen molar-refractivity contribution in [1.29, 1.82) is 0 Å². The fourth-order valence-corrected chi connectivity index (χ4v) is 1.98. The fourth-order valence-electron chi connectivity index (χ4n) is 1.98. The van der Waals surface area contributed by atoms with E-state index >= 15 is 0 Å². The Morgan fingerprint density at radius 2 is 2.32 bits per heavy atom. The van der Waals surface area contributed by atoms with Gasteiger partial charge in [0.2, 0.25) is 5.91 Å². The van der Waals surface area contributed by atoms with Crippen molar-refractivity contribution < 1.29 is 9.18 Å².